The van der Waals surface area contributed by atoms with Gasteiger partial charge in [-0.05, 0) is 79.0 Å². The maximum absolute atomic E-state index is 11.3. The summed E-state index contributed by atoms with van der Waals surface area (Å²) in [5.41, 5.74) is 3.44. The van der Waals surface area contributed by atoms with Crippen molar-refractivity contribution in [2.24, 2.45) is 11.8 Å². The van der Waals surface area contributed by atoms with Gasteiger partial charge in [0.2, 0.25) is 0 Å². The maximum Gasteiger partial charge on any atom is 0.274 e. The Morgan fingerprint density at radius 1 is 0.958 bits per heavy atom. The van der Waals surface area contributed by atoms with Crippen LogP contribution in [0, 0.1) is 11.8 Å². The molecule has 2 fully saturated rings. The van der Waals surface area contributed by atoms with E-state index < -0.39 is 5.91 Å². The Balaban J connectivity index is 1.43. The minimum absolute atomic E-state index is 0.386. The highest BCUT2D eigenvalue weighted by molar-refractivity contribution is 5.93. The first-order chi connectivity index (χ1) is 11.7. The van der Waals surface area contributed by atoms with Crippen molar-refractivity contribution in [3.05, 3.63) is 59.7 Å². The van der Waals surface area contributed by atoms with Crippen molar-refractivity contribution in [1.29, 1.82) is 0 Å². The molecule has 0 radical (unpaired) electrons. The van der Waals surface area contributed by atoms with E-state index in [1.54, 1.807) is 29.7 Å². The molecule has 0 spiro atoms. The van der Waals surface area contributed by atoms with Crippen molar-refractivity contribution >= 4 is 5.91 Å². The first kappa shape index (κ1) is 15.2. The summed E-state index contributed by atoms with van der Waals surface area (Å²) in [5, 5.41) is 8.62. The van der Waals surface area contributed by atoms with Crippen LogP contribution in [-0.2, 0) is 0 Å². The average Bonchev–Trinajstić information content (AvgIpc) is 3.26. The summed E-state index contributed by atoms with van der Waals surface area (Å²) in [4.78, 5) is 11.3. The Morgan fingerprint density at radius 2 is 1.62 bits per heavy atom. The first-order valence-electron chi connectivity index (χ1n) is 8.55. The van der Waals surface area contributed by atoms with Gasteiger partial charge in [-0.2, -0.15) is 0 Å². The SMILES string of the molecule is O=C(NO)c1ccc(Oc2ccc(C3CC4CCC3C4)cc2)cc1. The molecule has 2 N–H and O–H groups in total. The normalized spacial score (nSPS) is 24.8. The number of fused-ring (bicyclic) bond motifs is 2. The van der Waals surface area contributed by atoms with Gasteiger partial charge in [0.1, 0.15) is 11.5 Å². The van der Waals surface area contributed by atoms with Crippen LogP contribution in [0.5, 0.6) is 11.5 Å². The molecule has 2 aliphatic carbocycles. The van der Waals surface area contributed by atoms with Gasteiger partial charge in [0.05, 0.1) is 0 Å². The summed E-state index contributed by atoms with van der Waals surface area (Å²) in [6, 6.07) is 15.1. The predicted octanol–water partition coefficient (Wildman–Crippen LogP) is 4.50. The van der Waals surface area contributed by atoms with Crippen LogP contribution in [0.3, 0.4) is 0 Å². The van der Waals surface area contributed by atoms with Crippen LogP contribution in [0.1, 0.15) is 47.5 Å². The van der Waals surface area contributed by atoms with E-state index in [0.29, 0.717) is 11.3 Å². The van der Waals surface area contributed by atoms with Crippen LogP contribution in [0.15, 0.2) is 48.5 Å². The van der Waals surface area contributed by atoms with Crippen molar-refractivity contribution in [2.45, 2.75) is 31.6 Å². The van der Waals surface area contributed by atoms with Gasteiger partial charge in [0.15, 0.2) is 0 Å². The second-order valence-electron chi connectivity index (χ2n) is 6.92. The van der Waals surface area contributed by atoms with Gasteiger partial charge in [0.25, 0.3) is 5.91 Å². The van der Waals surface area contributed by atoms with Crippen LogP contribution in [0.2, 0.25) is 0 Å². The Kier molecular flexibility index (Phi) is 3.98. The molecule has 2 aromatic carbocycles. The first-order valence-corrected chi connectivity index (χ1v) is 8.55. The molecule has 4 heteroatoms. The highest BCUT2D eigenvalue weighted by Crippen LogP contribution is 2.52. The molecule has 2 saturated carbocycles. The zero-order valence-corrected chi connectivity index (χ0v) is 13.4. The van der Waals surface area contributed by atoms with Crippen LogP contribution in [0.4, 0.5) is 0 Å². The van der Waals surface area contributed by atoms with Gasteiger partial charge in [0, 0.05) is 5.56 Å². The van der Waals surface area contributed by atoms with Crippen molar-refractivity contribution in [1.82, 2.24) is 5.48 Å². The van der Waals surface area contributed by atoms with E-state index in [-0.39, 0.29) is 0 Å². The maximum atomic E-state index is 11.3. The molecule has 4 nitrogen and oxygen atoms in total. The van der Waals surface area contributed by atoms with Crippen molar-refractivity contribution in [2.75, 3.05) is 0 Å². The zero-order chi connectivity index (χ0) is 16.5. The summed E-state index contributed by atoms with van der Waals surface area (Å²) in [5.74, 6) is 3.49. The van der Waals surface area contributed by atoms with Gasteiger partial charge in [-0.3, -0.25) is 10.0 Å². The van der Waals surface area contributed by atoms with Crippen LogP contribution in [0.25, 0.3) is 0 Å². The molecule has 2 bridgehead atoms. The summed E-state index contributed by atoms with van der Waals surface area (Å²) >= 11 is 0. The molecule has 2 aromatic rings. The quantitative estimate of drug-likeness (QED) is 0.643. The minimum atomic E-state index is -0.531. The fourth-order valence-corrected chi connectivity index (χ4v) is 4.31. The van der Waals surface area contributed by atoms with Gasteiger partial charge in [-0.25, -0.2) is 5.48 Å². The molecule has 3 atom stereocenters. The number of carbonyl (C=O) groups is 1. The van der Waals surface area contributed by atoms with E-state index in [0.717, 1.165) is 23.5 Å². The number of nitrogens with one attached hydrogen (secondary N) is 1. The number of carbonyl (C=O) groups excluding carboxylic acids is 1. The average molecular weight is 323 g/mol. The standard InChI is InChI=1S/C20H21NO3/c22-20(21-23)15-5-9-18(10-6-15)24-17-7-3-14(4-8-17)19-12-13-1-2-16(19)11-13/h3-10,13,16,19,23H,1-2,11-12H2,(H,21,22). The topological polar surface area (TPSA) is 58.6 Å². The lowest BCUT2D eigenvalue weighted by atomic mass is 9.83. The third-order valence-electron chi connectivity index (χ3n) is 5.50. The summed E-state index contributed by atoms with van der Waals surface area (Å²) < 4.78 is 5.83. The molecular formula is C20H21NO3. The number of ether oxygens (including phenoxy) is 1. The monoisotopic (exact) mass is 323 g/mol. The number of hydrogen-bond donors (Lipinski definition) is 2. The number of benzene rings is 2. The lowest BCUT2D eigenvalue weighted by Crippen LogP contribution is -2.18. The van der Waals surface area contributed by atoms with Crippen LogP contribution < -0.4 is 10.2 Å². The van der Waals surface area contributed by atoms with Gasteiger partial charge >= 0.3 is 0 Å². The van der Waals surface area contributed by atoms with Crippen LogP contribution >= 0.6 is 0 Å². The lowest BCUT2D eigenvalue weighted by molar-refractivity contribution is 0.0706. The van der Waals surface area contributed by atoms with E-state index >= 15 is 0 Å². The van der Waals surface area contributed by atoms with Gasteiger partial charge in [-0.15, -0.1) is 0 Å². The molecule has 4 rings (SSSR count). The van der Waals surface area contributed by atoms with E-state index in [4.69, 9.17) is 9.94 Å². The summed E-state index contributed by atoms with van der Waals surface area (Å²) in [6.45, 7) is 0. The second kappa shape index (κ2) is 6.29. The van der Waals surface area contributed by atoms with Crippen molar-refractivity contribution in [3.8, 4) is 11.5 Å². The molecule has 124 valence electrons. The van der Waals surface area contributed by atoms with Gasteiger partial charge < -0.3 is 4.74 Å². The fraction of sp³-hybridized carbons (Fsp3) is 0.350. The van der Waals surface area contributed by atoms with E-state index in [9.17, 15) is 4.79 Å². The number of hydroxylamine groups is 1. The Labute approximate surface area is 141 Å². The molecule has 3 unspecified atom stereocenters. The third-order valence-corrected chi connectivity index (χ3v) is 5.50. The molecule has 24 heavy (non-hydrogen) atoms. The fourth-order valence-electron chi connectivity index (χ4n) is 4.31. The molecule has 1 amide bonds. The van der Waals surface area contributed by atoms with E-state index in [1.165, 1.54) is 31.2 Å². The predicted molar refractivity (Wildman–Crippen MR) is 90.4 cm³/mol. The molecular weight excluding hydrogens is 302 g/mol. The van der Waals surface area contributed by atoms with Gasteiger partial charge in [-0.1, -0.05) is 18.6 Å². The highest BCUT2D eigenvalue weighted by atomic mass is 16.5. The molecule has 0 saturated heterocycles. The van der Waals surface area contributed by atoms with Crippen molar-refractivity contribution < 1.29 is 14.7 Å². The smallest absolute Gasteiger partial charge is 0.274 e. The Hall–Kier alpha value is -2.33. The van der Waals surface area contributed by atoms with Crippen molar-refractivity contribution in [3.63, 3.8) is 0 Å². The molecule has 0 heterocycles. The number of rotatable bonds is 4. The largest absolute Gasteiger partial charge is 0.457 e. The second-order valence-corrected chi connectivity index (χ2v) is 6.92. The minimum Gasteiger partial charge on any atom is -0.457 e. The highest BCUT2D eigenvalue weighted by Gasteiger charge is 2.39. The summed E-state index contributed by atoms with van der Waals surface area (Å²) in [7, 11) is 0. The lowest BCUT2D eigenvalue weighted by Gasteiger charge is -2.22. The van der Waals surface area contributed by atoms with E-state index in [1.807, 2.05) is 12.1 Å². The molecule has 0 aromatic heterocycles. The van der Waals surface area contributed by atoms with Crippen LogP contribution in [-0.4, -0.2) is 11.1 Å². The summed E-state index contributed by atoms with van der Waals surface area (Å²) in [6.07, 6.45) is 5.57. The zero-order valence-electron chi connectivity index (χ0n) is 13.4. The van der Waals surface area contributed by atoms with E-state index in [2.05, 4.69) is 12.1 Å². The third kappa shape index (κ3) is 2.89. The number of hydrogen-bond acceptors (Lipinski definition) is 3. The molecule has 2 aliphatic rings. The Morgan fingerprint density at radius 3 is 2.17 bits per heavy atom. The number of amides is 1. The molecule has 0 aliphatic heterocycles. The Bertz CT molecular complexity index is 724.